The lowest BCUT2D eigenvalue weighted by molar-refractivity contribution is 0.416. The summed E-state index contributed by atoms with van der Waals surface area (Å²) >= 11 is 0. The predicted molar refractivity (Wildman–Crippen MR) is 152 cm³/mol. The number of anilines is 5. The van der Waals surface area contributed by atoms with Gasteiger partial charge in [-0.25, -0.2) is 8.42 Å². The molecule has 0 unspecified atom stereocenters. The molecule has 1 saturated heterocycles. The Morgan fingerprint density at radius 1 is 1.11 bits per heavy atom. The number of aromatic nitrogens is 3. The van der Waals surface area contributed by atoms with E-state index >= 15 is 0 Å². The van der Waals surface area contributed by atoms with Crippen molar-refractivity contribution in [2.75, 3.05) is 66.4 Å². The number of nitrogens with one attached hydrogen (secondary N) is 4. The Labute approximate surface area is 222 Å². The van der Waals surface area contributed by atoms with Gasteiger partial charge in [0.1, 0.15) is 17.2 Å². The van der Waals surface area contributed by atoms with E-state index < -0.39 is 10.0 Å². The molecule has 1 aliphatic heterocycles. The predicted octanol–water partition coefficient (Wildman–Crippen LogP) is 3.13. The van der Waals surface area contributed by atoms with E-state index in [1.54, 1.807) is 20.2 Å². The van der Waals surface area contributed by atoms with Gasteiger partial charge < -0.3 is 30.6 Å². The fraction of sp³-hybridized carbons (Fsp3) is 0.308. The first-order valence-electron chi connectivity index (χ1n) is 12.3. The van der Waals surface area contributed by atoms with Crippen LogP contribution in [0.25, 0.3) is 11.0 Å². The number of rotatable bonds is 9. The molecular formula is C26H32N8O3S. The molecule has 2 aromatic heterocycles. The molecule has 0 radical (unpaired) electrons. The van der Waals surface area contributed by atoms with Crippen LogP contribution in [0.2, 0.25) is 0 Å². The number of nitrogens with zero attached hydrogens (tertiary/aromatic N) is 4. The fourth-order valence-electron chi connectivity index (χ4n) is 4.48. The number of sulfonamides is 1. The van der Waals surface area contributed by atoms with Crippen molar-refractivity contribution in [1.29, 1.82) is 0 Å². The molecule has 0 spiro atoms. The lowest BCUT2D eigenvalue weighted by Gasteiger charge is -2.30. The molecule has 1 aliphatic rings. The van der Waals surface area contributed by atoms with Crippen LogP contribution in [0.5, 0.6) is 5.75 Å². The van der Waals surface area contributed by atoms with Gasteiger partial charge >= 0.3 is 0 Å². The summed E-state index contributed by atoms with van der Waals surface area (Å²) < 4.78 is 31.2. The summed E-state index contributed by atoms with van der Waals surface area (Å²) in [6, 6.07) is 15.3. The summed E-state index contributed by atoms with van der Waals surface area (Å²) in [5, 5.41) is 10.9. The minimum atomic E-state index is -3.40. The Morgan fingerprint density at radius 2 is 1.89 bits per heavy atom. The Kier molecular flexibility index (Phi) is 7.25. The number of piperazine rings is 1. The summed E-state index contributed by atoms with van der Waals surface area (Å²) in [6.45, 7) is 4.17. The second-order valence-electron chi connectivity index (χ2n) is 9.10. The molecule has 5 rings (SSSR count). The Balaban J connectivity index is 1.40. The van der Waals surface area contributed by atoms with Gasteiger partial charge in [0.05, 0.1) is 30.1 Å². The third-order valence-electron chi connectivity index (χ3n) is 6.60. The van der Waals surface area contributed by atoms with Gasteiger partial charge in [-0.2, -0.15) is 9.97 Å². The van der Waals surface area contributed by atoms with Crippen LogP contribution in [-0.4, -0.2) is 70.0 Å². The molecule has 0 bridgehead atoms. The van der Waals surface area contributed by atoms with Crippen LogP contribution in [0.15, 0.2) is 54.7 Å². The van der Waals surface area contributed by atoms with Crippen molar-refractivity contribution in [2.45, 2.75) is 6.54 Å². The molecule has 11 nitrogen and oxygen atoms in total. The molecule has 4 N–H and O–H groups in total. The van der Waals surface area contributed by atoms with Crippen LogP contribution >= 0.6 is 0 Å². The van der Waals surface area contributed by atoms with E-state index in [1.807, 2.05) is 42.6 Å². The summed E-state index contributed by atoms with van der Waals surface area (Å²) in [6.07, 6.45) is 3.00. The monoisotopic (exact) mass is 536 g/mol. The topological polar surface area (TPSA) is 128 Å². The maximum atomic E-state index is 12.1. The molecule has 0 aliphatic carbocycles. The van der Waals surface area contributed by atoms with E-state index in [0.29, 0.717) is 35.4 Å². The Hall–Kier alpha value is -4.03. The molecule has 0 atom stereocenters. The summed E-state index contributed by atoms with van der Waals surface area (Å²) in [4.78, 5) is 14.8. The number of hydrogen-bond acceptors (Lipinski definition) is 9. The molecule has 2 aromatic carbocycles. The van der Waals surface area contributed by atoms with E-state index in [4.69, 9.17) is 9.72 Å². The van der Waals surface area contributed by atoms with Crippen LogP contribution in [0.3, 0.4) is 0 Å². The van der Waals surface area contributed by atoms with Crippen molar-refractivity contribution in [1.82, 2.24) is 20.3 Å². The summed E-state index contributed by atoms with van der Waals surface area (Å²) in [5.41, 5.74) is 3.96. The molecule has 0 amide bonds. The quantitative estimate of drug-likeness (QED) is 0.255. The highest BCUT2D eigenvalue weighted by molar-refractivity contribution is 7.92. The van der Waals surface area contributed by atoms with E-state index in [0.717, 1.165) is 48.5 Å². The van der Waals surface area contributed by atoms with Gasteiger partial charge in [0.15, 0.2) is 0 Å². The lowest BCUT2D eigenvalue weighted by atomic mass is 10.1. The minimum absolute atomic E-state index is 0.371. The first kappa shape index (κ1) is 25.6. The molecular weight excluding hydrogens is 504 g/mol. The highest BCUT2D eigenvalue weighted by Gasteiger charge is 2.17. The first-order valence-corrected chi connectivity index (χ1v) is 14.2. The van der Waals surface area contributed by atoms with Gasteiger partial charge in [0.25, 0.3) is 0 Å². The highest BCUT2D eigenvalue weighted by atomic mass is 32.2. The summed E-state index contributed by atoms with van der Waals surface area (Å²) in [7, 11) is -0.203. The van der Waals surface area contributed by atoms with Crippen LogP contribution < -0.4 is 29.9 Å². The maximum Gasteiger partial charge on any atom is 0.232 e. The van der Waals surface area contributed by atoms with Gasteiger partial charge in [-0.15, -0.1) is 0 Å². The Bertz CT molecular complexity index is 1530. The zero-order valence-corrected chi connectivity index (χ0v) is 22.5. The number of fused-ring (bicyclic) bond motifs is 1. The van der Waals surface area contributed by atoms with Crippen molar-refractivity contribution in [3.63, 3.8) is 0 Å². The highest BCUT2D eigenvalue weighted by Crippen LogP contribution is 2.33. The zero-order chi connectivity index (χ0) is 26.7. The van der Waals surface area contributed by atoms with E-state index in [1.165, 1.54) is 10.6 Å². The average Bonchev–Trinajstić information content (AvgIpc) is 3.40. The lowest BCUT2D eigenvalue weighted by Crippen LogP contribution is -2.43. The third-order valence-corrected chi connectivity index (χ3v) is 7.80. The SMILES string of the molecule is COc1cc(N2CCNCC2)ccc1Nc1nc(NCc2ccccc2N(C)S(C)(=O)=O)c2cc[nH]c2n1. The van der Waals surface area contributed by atoms with Crippen LogP contribution in [-0.2, 0) is 16.6 Å². The number of benzene rings is 2. The van der Waals surface area contributed by atoms with Crippen molar-refractivity contribution >= 4 is 49.9 Å². The summed E-state index contributed by atoms with van der Waals surface area (Å²) in [5.74, 6) is 1.72. The second kappa shape index (κ2) is 10.8. The van der Waals surface area contributed by atoms with Gasteiger partial charge in [-0.1, -0.05) is 18.2 Å². The van der Waals surface area contributed by atoms with Crippen molar-refractivity contribution in [2.24, 2.45) is 0 Å². The van der Waals surface area contributed by atoms with Gasteiger partial charge in [0, 0.05) is 57.7 Å². The minimum Gasteiger partial charge on any atom is -0.494 e. The fourth-order valence-corrected chi connectivity index (χ4v) is 5.02. The smallest absolute Gasteiger partial charge is 0.232 e. The number of methoxy groups -OCH3 is 1. The second-order valence-corrected chi connectivity index (χ2v) is 11.1. The van der Waals surface area contributed by atoms with E-state index in [-0.39, 0.29) is 0 Å². The molecule has 12 heteroatoms. The van der Waals surface area contributed by atoms with Crippen LogP contribution in [0.1, 0.15) is 5.56 Å². The standard InChI is InChI=1S/C26H32N8O3S/c1-33(38(3,35)36)22-7-5-4-6-18(22)17-29-25-20-10-11-28-24(20)31-26(32-25)30-21-9-8-19(16-23(21)37-2)34-14-12-27-13-15-34/h4-11,16,27H,12-15,17H2,1-3H3,(H3,28,29,30,31,32). The first-order chi connectivity index (χ1) is 18.3. The molecule has 38 heavy (non-hydrogen) atoms. The van der Waals surface area contributed by atoms with Gasteiger partial charge in [-0.3, -0.25) is 4.31 Å². The Morgan fingerprint density at radius 3 is 2.66 bits per heavy atom. The molecule has 3 heterocycles. The number of ether oxygens (including phenoxy) is 1. The van der Waals surface area contributed by atoms with Crippen LogP contribution in [0.4, 0.5) is 28.8 Å². The van der Waals surface area contributed by atoms with Crippen molar-refractivity contribution in [3.05, 3.63) is 60.3 Å². The third kappa shape index (κ3) is 5.46. The average molecular weight is 537 g/mol. The number of H-pyrrole nitrogens is 1. The number of hydrogen-bond donors (Lipinski definition) is 4. The van der Waals surface area contributed by atoms with Crippen molar-refractivity contribution < 1.29 is 13.2 Å². The number of para-hydroxylation sites is 1. The van der Waals surface area contributed by atoms with Crippen LogP contribution in [0, 0.1) is 0 Å². The molecule has 1 fully saturated rings. The van der Waals surface area contributed by atoms with Gasteiger partial charge in [-0.05, 0) is 29.8 Å². The van der Waals surface area contributed by atoms with Crippen molar-refractivity contribution in [3.8, 4) is 5.75 Å². The molecule has 200 valence electrons. The maximum absolute atomic E-state index is 12.1. The molecule has 4 aromatic rings. The molecule has 0 saturated carbocycles. The van der Waals surface area contributed by atoms with E-state index in [2.05, 4.69) is 36.9 Å². The zero-order valence-electron chi connectivity index (χ0n) is 21.7. The largest absolute Gasteiger partial charge is 0.494 e. The van der Waals surface area contributed by atoms with Gasteiger partial charge in [0.2, 0.25) is 16.0 Å². The number of aromatic amines is 1. The van der Waals surface area contributed by atoms with E-state index in [9.17, 15) is 8.42 Å². The normalized spacial score (nSPS) is 13.9.